The van der Waals surface area contributed by atoms with Crippen molar-refractivity contribution in [3.8, 4) is 0 Å². The van der Waals surface area contributed by atoms with Gasteiger partial charge in [0.1, 0.15) is 0 Å². The molecule has 3 amide bonds. The molecule has 2 saturated carbocycles. The summed E-state index contributed by atoms with van der Waals surface area (Å²) in [6.45, 7) is 0.0755. The SMILES string of the molecule is O=C(CNc1ccc(C(=O)NC2CCCCC2)cc1)Nc1cccc(C(=O)NC2CCCCC2)c1. The Hall–Kier alpha value is -3.35. The summed E-state index contributed by atoms with van der Waals surface area (Å²) in [4.78, 5) is 37.5. The summed E-state index contributed by atoms with van der Waals surface area (Å²) in [5, 5.41) is 12.1. The van der Waals surface area contributed by atoms with Crippen LogP contribution in [-0.4, -0.2) is 36.3 Å². The quantitative estimate of drug-likeness (QED) is 0.437. The summed E-state index contributed by atoms with van der Waals surface area (Å²) in [5.74, 6) is -0.360. The van der Waals surface area contributed by atoms with E-state index >= 15 is 0 Å². The van der Waals surface area contributed by atoms with Crippen LogP contribution in [0.15, 0.2) is 48.5 Å². The third-order valence-electron chi connectivity index (χ3n) is 6.89. The number of benzene rings is 2. The van der Waals surface area contributed by atoms with Crippen molar-refractivity contribution in [2.24, 2.45) is 0 Å². The molecule has 4 rings (SSSR count). The zero-order chi connectivity index (χ0) is 24.5. The first-order valence-corrected chi connectivity index (χ1v) is 12.9. The van der Waals surface area contributed by atoms with E-state index in [4.69, 9.17) is 0 Å². The van der Waals surface area contributed by atoms with Crippen molar-refractivity contribution >= 4 is 29.1 Å². The molecule has 2 aromatic carbocycles. The van der Waals surface area contributed by atoms with Crippen molar-refractivity contribution in [2.75, 3.05) is 17.2 Å². The molecule has 0 spiro atoms. The van der Waals surface area contributed by atoms with Crippen LogP contribution in [0.2, 0.25) is 0 Å². The number of hydrogen-bond acceptors (Lipinski definition) is 4. The number of amides is 3. The Morgan fingerprint density at radius 3 is 1.83 bits per heavy atom. The minimum atomic E-state index is -0.214. The average molecular weight is 477 g/mol. The van der Waals surface area contributed by atoms with E-state index in [1.165, 1.54) is 25.7 Å². The van der Waals surface area contributed by atoms with Crippen molar-refractivity contribution in [1.29, 1.82) is 0 Å². The average Bonchev–Trinajstić information content (AvgIpc) is 2.89. The van der Waals surface area contributed by atoms with E-state index in [9.17, 15) is 14.4 Å². The van der Waals surface area contributed by atoms with E-state index in [2.05, 4.69) is 21.3 Å². The van der Waals surface area contributed by atoms with Crippen LogP contribution in [0.4, 0.5) is 11.4 Å². The predicted octanol–water partition coefficient (Wildman–Crippen LogP) is 4.86. The van der Waals surface area contributed by atoms with Crippen LogP contribution < -0.4 is 21.3 Å². The molecule has 0 atom stereocenters. The molecule has 0 radical (unpaired) electrons. The van der Waals surface area contributed by atoms with Crippen LogP contribution in [0.3, 0.4) is 0 Å². The Kier molecular flexibility index (Phi) is 8.76. The lowest BCUT2D eigenvalue weighted by atomic mass is 9.95. The number of hydrogen-bond donors (Lipinski definition) is 4. The molecule has 2 aromatic rings. The van der Waals surface area contributed by atoms with Gasteiger partial charge in [0.05, 0.1) is 6.54 Å². The smallest absolute Gasteiger partial charge is 0.251 e. The maximum atomic E-state index is 12.6. The molecule has 7 heteroatoms. The molecule has 2 aliphatic carbocycles. The summed E-state index contributed by atoms with van der Waals surface area (Å²) in [5.41, 5.74) is 2.51. The highest BCUT2D eigenvalue weighted by atomic mass is 16.2. The molecule has 2 fully saturated rings. The molecule has 2 aliphatic rings. The molecule has 0 bridgehead atoms. The second-order valence-electron chi connectivity index (χ2n) is 9.68. The van der Waals surface area contributed by atoms with E-state index in [-0.39, 0.29) is 36.3 Å². The van der Waals surface area contributed by atoms with Gasteiger partial charge in [-0.1, -0.05) is 44.6 Å². The second kappa shape index (κ2) is 12.4. The minimum Gasteiger partial charge on any atom is -0.376 e. The highest BCUT2D eigenvalue weighted by Crippen LogP contribution is 2.19. The number of carbonyl (C=O) groups is 3. The fraction of sp³-hybridized carbons (Fsp3) is 0.464. The van der Waals surface area contributed by atoms with E-state index < -0.39 is 0 Å². The molecule has 0 unspecified atom stereocenters. The third kappa shape index (κ3) is 7.57. The van der Waals surface area contributed by atoms with Crippen molar-refractivity contribution in [3.05, 3.63) is 59.7 Å². The Morgan fingerprint density at radius 1 is 0.657 bits per heavy atom. The van der Waals surface area contributed by atoms with Gasteiger partial charge in [-0.05, 0) is 68.1 Å². The molecule has 35 heavy (non-hydrogen) atoms. The van der Waals surface area contributed by atoms with Crippen LogP contribution in [0, 0.1) is 0 Å². The predicted molar refractivity (Wildman–Crippen MR) is 139 cm³/mol. The molecule has 0 aromatic heterocycles. The van der Waals surface area contributed by atoms with Crippen LogP contribution in [-0.2, 0) is 4.79 Å². The summed E-state index contributed by atoms with van der Waals surface area (Å²) < 4.78 is 0. The summed E-state index contributed by atoms with van der Waals surface area (Å²) in [7, 11) is 0. The lowest BCUT2D eigenvalue weighted by Gasteiger charge is -2.22. The van der Waals surface area contributed by atoms with Crippen molar-refractivity contribution in [1.82, 2.24) is 10.6 Å². The number of carbonyl (C=O) groups excluding carboxylic acids is 3. The number of anilines is 2. The van der Waals surface area contributed by atoms with Gasteiger partial charge in [-0.15, -0.1) is 0 Å². The van der Waals surface area contributed by atoms with Gasteiger partial charge in [0.2, 0.25) is 5.91 Å². The first kappa shape index (κ1) is 24.8. The Labute approximate surface area is 207 Å². The van der Waals surface area contributed by atoms with E-state index in [0.717, 1.165) is 44.2 Å². The monoisotopic (exact) mass is 476 g/mol. The molecule has 0 aliphatic heterocycles. The standard InChI is InChI=1S/C28H36N4O3/c33-26(30-25-13-7-8-21(18-25)28(35)32-24-11-5-2-6-12-24)19-29-22-16-14-20(15-17-22)27(34)31-23-9-3-1-4-10-23/h7-8,13-18,23-24,29H,1-6,9-12,19H2,(H,30,33)(H,31,34)(H,32,35). The zero-order valence-corrected chi connectivity index (χ0v) is 20.3. The normalized spacial score (nSPS) is 16.8. The topological polar surface area (TPSA) is 99.3 Å². The molecular formula is C28H36N4O3. The van der Waals surface area contributed by atoms with Gasteiger partial charge in [-0.2, -0.15) is 0 Å². The Morgan fingerprint density at radius 2 is 1.23 bits per heavy atom. The largest absolute Gasteiger partial charge is 0.376 e. The Balaban J connectivity index is 1.23. The maximum Gasteiger partial charge on any atom is 0.251 e. The van der Waals surface area contributed by atoms with E-state index in [0.29, 0.717) is 16.8 Å². The molecule has 186 valence electrons. The Bertz CT molecular complexity index is 1010. The molecule has 7 nitrogen and oxygen atoms in total. The van der Waals surface area contributed by atoms with Crippen molar-refractivity contribution < 1.29 is 14.4 Å². The maximum absolute atomic E-state index is 12.6. The first-order valence-electron chi connectivity index (χ1n) is 12.9. The molecule has 0 heterocycles. The van der Waals surface area contributed by atoms with Gasteiger partial charge in [0, 0.05) is 34.6 Å². The van der Waals surface area contributed by atoms with Gasteiger partial charge in [-0.25, -0.2) is 0 Å². The van der Waals surface area contributed by atoms with Crippen LogP contribution >= 0.6 is 0 Å². The van der Waals surface area contributed by atoms with E-state index in [1.54, 1.807) is 48.5 Å². The van der Waals surface area contributed by atoms with Crippen LogP contribution in [0.5, 0.6) is 0 Å². The lowest BCUT2D eigenvalue weighted by molar-refractivity contribution is -0.114. The lowest BCUT2D eigenvalue weighted by Crippen LogP contribution is -2.36. The summed E-state index contributed by atoms with van der Waals surface area (Å²) in [6, 6.07) is 14.7. The second-order valence-corrected chi connectivity index (χ2v) is 9.68. The zero-order valence-electron chi connectivity index (χ0n) is 20.3. The molecule has 4 N–H and O–H groups in total. The van der Waals surface area contributed by atoms with Crippen molar-refractivity contribution in [3.63, 3.8) is 0 Å². The highest BCUT2D eigenvalue weighted by Gasteiger charge is 2.18. The van der Waals surface area contributed by atoms with Crippen molar-refractivity contribution in [2.45, 2.75) is 76.3 Å². The van der Waals surface area contributed by atoms with Gasteiger partial charge >= 0.3 is 0 Å². The van der Waals surface area contributed by atoms with E-state index in [1.807, 2.05) is 0 Å². The highest BCUT2D eigenvalue weighted by molar-refractivity contribution is 5.98. The van der Waals surface area contributed by atoms with Crippen LogP contribution in [0.25, 0.3) is 0 Å². The summed E-state index contributed by atoms with van der Waals surface area (Å²) in [6.07, 6.45) is 11.3. The van der Waals surface area contributed by atoms with Gasteiger partial charge in [-0.3, -0.25) is 14.4 Å². The van der Waals surface area contributed by atoms with Gasteiger partial charge < -0.3 is 21.3 Å². The first-order chi connectivity index (χ1) is 17.1. The summed E-state index contributed by atoms with van der Waals surface area (Å²) >= 11 is 0. The van der Waals surface area contributed by atoms with Gasteiger partial charge in [0.25, 0.3) is 11.8 Å². The third-order valence-corrected chi connectivity index (χ3v) is 6.89. The fourth-order valence-corrected chi connectivity index (χ4v) is 4.90. The number of rotatable bonds is 8. The molecule has 0 saturated heterocycles. The van der Waals surface area contributed by atoms with Crippen LogP contribution in [0.1, 0.15) is 84.9 Å². The molecular weight excluding hydrogens is 440 g/mol. The minimum absolute atomic E-state index is 0.0476. The van der Waals surface area contributed by atoms with Gasteiger partial charge in [0.15, 0.2) is 0 Å². The fourth-order valence-electron chi connectivity index (χ4n) is 4.90. The number of nitrogens with one attached hydrogen (secondary N) is 4.